The van der Waals surface area contributed by atoms with E-state index in [9.17, 15) is 0 Å². The average Bonchev–Trinajstić information content (AvgIpc) is 3.01. The standard InChI is InChI=1S/C17H19NOS/c1-2-19-16-10-9-15(13-7-3-4-8-14(13)16)17(20)18-11-5-6-12-18/h3-4,7-10H,2,5-6,11-12H2,1H3. The van der Waals surface area contributed by atoms with Gasteiger partial charge in [-0.05, 0) is 37.3 Å². The van der Waals surface area contributed by atoms with Crippen molar-refractivity contribution in [3.8, 4) is 5.75 Å². The summed E-state index contributed by atoms with van der Waals surface area (Å²) in [5.41, 5.74) is 1.15. The highest BCUT2D eigenvalue weighted by Crippen LogP contribution is 2.30. The van der Waals surface area contributed by atoms with E-state index in [1.807, 2.05) is 19.1 Å². The van der Waals surface area contributed by atoms with Gasteiger partial charge in [0.05, 0.1) is 6.61 Å². The first-order valence-electron chi connectivity index (χ1n) is 7.25. The van der Waals surface area contributed by atoms with Crippen LogP contribution in [0.5, 0.6) is 5.75 Å². The van der Waals surface area contributed by atoms with Crippen LogP contribution in [0.15, 0.2) is 36.4 Å². The van der Waals surface area contributed by atoms with Crippen molar-refractivity contribution in [3.63, 3.8) is 0 Å². The van der Waals surface area contributed by atoms with Gasteiger partial charge in [-0.1, -0.05) is 36.5 Å². The summed E-state index contributed by atoms with van der Waals surface area (Å²) in [5.74, 6) is 0.941. The topological polar surface area (TPSA) is 12.5 Å². The molecule has 2 aromatic rings. The van der Waals surface area contributed by atoms with Crippen molar-refractivity contribution < 1.29 is 4.74 Å². The van der Waals surface area contributed by atoms with Crippen molar-refractivity contribution >= 4 is 28.0 Å². The molecule has 0 atom stereocenters. The lowest BCUT2D eigenvalue weighted by Crippen LogP contribution is -2.26. The molecule has 104 valence electrons. The van der Waals surface area contributed by atoms with E-state index < -0.39 is 0 Å². The number of ether oxygens (including phenoxy) is 1. The molecule has 0 aromatic heterocycles. The summed E-state index contributed by atoms with van der Waals surface area (Å²) in [5, 5.41) is 2.34. The van der Waals surface area contributed by atoms with E-state index in [4.69, 9.17) is 17.0 Å². The van der Waals surface area contributed by atoms with Gasteiger partial charge in [-0.2, -0.15) is 0 Å². The SMILES string of the molecule is CCOc1ccc(C(=S)N2CCCC2)c2ccccc12. The first-order valence-corrected chi connectivity index (χ1v) is 7.66. The molecular formula is C17H19NOS. The fourth-order valence-corrected chi connectivity index (χ4v) is 3.19. The molecule has 1 heterocycles. The molecule has 20 heavy (non-hydrogen) atoms. The molecule has 0 N–H and O–H groups in total. The van der Waals surface area contributed by atoms with Gasteiger partial charge in [-0.25, -0.2) is 0 Å². The van der Waals surface area contributed by atoms with E-state index in [2.05, 4.69) is 29.2 Å². The van der Waals surface area contributed by atoms with E-state index in [1.54, 1.807) is 0 Å². The Kier molecular flexibility index (Phi) is 3.88. The number of benzene rings is 2. The van der Waals surface area contributed by atoms with Gasteiger partial charge in [-0.3, -0.25) is 0 Å². The number of thiocarbonyl (C=S) groups is 1. The second kappa shape index (κ2) is 5.80. The summed E-state index contributed by atoms with van der Waals surface area (Å²) in [6.45, 7) is 4.86. The zero-order chi connectivity index (χ0) is 13.9. The van der Waals surface area contributed by atoms with Gasteiger partial charge >= 0.3 is 0 Å². The zero-order valence-electron chi connectivity index (χ0n) is 11.8. The Hall–Kier alpha value is -1.61. The number of likely N-dealkylation sites (tertiary alicyclic amines) is 1. The molecule has 0 bridgehead atoms. The molecule has 0 aliphatic carbocycles. The Morgan fingerprint density at radius 2 is 1.80 bits per heavy atom. The van der Waals surface area contributed by atoms with Crippen LogP contribution < -0.4 is 4.74 Å². The van der Waals surface area contributed by atoms with Crippen LogP contribution >= 0.6 is 12.2 Å². The number of hydrogen-bond acceptors (Lipinski definition) is 2. The molecule has 0 amide bonds. The third-order valence-electron chi connectivity index (χ3n) is 3.81. The monoisotopic (exact) mass is 285 g/mol. The molecule has 3 heteroatoms. The van der Waals surface area contributed by atoms with Crippen LogP contribution in [0.3, 0.4) is 0 Å². The van der Waals surface area contributed by atoms with Crippen molar-refractivity contribution in [1.29, 1.82) is 0 Å². The summed E-state index contributed by atoms with van der Waals surface area (Å²) in [4.78, 5) is 3.29. The van der Waals surface area contributed by atoms with Crippen LogP contribution in [0.4, 0.5) is 0 Å². The maximum Gasteiger partial charge on any atom is 0.127 e. The Morgan fingerprint density at radius 3 is 2.50 bits per heavy atom. The molecule has 2 aromatic carbocycles. The maximum absolute atomic E-state index is 5.72. The molecule has 1 saturated heterocycles. The van der Waals surface area contributed by atoms with Crippen molar-refractivity contribution in [3.05, 3.63) is 42.0 Å². The molecule has 2 nitrogen and oxygen atoms in total. The van der Waals surface area contributed by atoms with E-state index in [-0.39, 0.29) is 0 Å². The van der Waals surface area contributed by atoms with Crippen LogP contribution in [0.2, 0.25) is 0 Å². The van der Waals surface area contributed by atoms with Crippen molar-refractivity contribution in [2.24, 2.45) is 0 Å². The van der Waals surface area contributed by atoms with Crippen molar-refractivity contribution in [2.75, 3.05) is 19.7 Å². The molecule has 1 fully saturated rings. The summed E-state index contributed by atoms with van der Waals surface area (Å²) in [6, 6.07) is 12.5. The zero-order valence-corrected chi connectivity index (χ0v) is 12.6. The van der Waals surface area contributed by atoms with Gasteiger partial charge in [-0.15, -0.1) is 0 Å². The lowest BCUT2D eigenvalue weighted by Gasteiger charge is -2.20. The van der Waals surface area contributed by atoms with Crippen LogP contribution in [0.1, 0.15) is 25.3 Å². The van der Waals surface area contributed by atoms with Gasteiger partial charge < -0.3 is 9.64 Å². The predicted octanol–water partition coefficient (Wildman–Crippen LogP) is 4.01. The quantitative estimate of drug-likeness (QED) is 0.791. The van der Waals surface area contributed by atoms with Crippen molar-refractivity contribution in [1.82, 2.24) is 4.90 Å². The minimum Gasteiger partial charge on any atom is -0.493 e. The molecule has 0 radical (unpaired) electrons. The van der Waals surface area contributed by atoms with E-state index in [1.165, 1.54) is 18.2 Å². The normalized spacial score (nSPS) is 14.8. The number of hydrogen-bond donors (Lipinski definition) is 0. The lowest BCUT2D eigenvalue weighted by molar-refractivity contribution is 0.344. The minimum absolute atomic E-state index is 0.680. The van der Waals surface area contributed by atoms with E-state index >= 15 is 0 Å². The summed E-state index contributed by atoms with van der Waals surface area (Å²) in [7, 11) is 0. The summed E-state index contributed by atoms with van der Waals surface area (Å²) in [6.07, 6.45) is 2.49. The largest absolute Gasteiger partial charge is 0.493 e. The Labute approximate surface area is 125 Å². The molecule has 1 aliphatic rings. The molecule has 3 rings (SSSR count). The highest BCUT2D eigenvalue weighted by atomic mass is 32.1. The van der Waals surface area contributed by atoms with Gasteiger partial charge in [0.25, 0.3) is 0 Å². The van der Waals surface area contributed by atoms with Crippen LogP contribution in [-0.2, 0) is 0 Å². The smallest absolute Gasteiger partial charge is 0.127 e. The molecule has 0 spiro atoms. The van der Waals surface area contributed by atoms with E-state index in [0.29, 0.717) is 6.61 Å². The predicted molar refractivity (Wildman–Crippen MR) is 87.6 cm³/mol. The Balaban J connectivity index is 2.07. The highest BCUT2D eigenvalue weighted by Gasteiger charge is 2.18. The number of fused-ring (bicyclic) bond motifs is 1. The molecular weight excluding hydrogens is 266 g/mol. The summed E-state index contributed by atoms with van der Waals surface area (Å²) < 4.78 is 5.72. The average molecular weight is 285 g/mol. The van der Waals surface area contributed by atoms with Crippen molar-refractivity contribution in [2.45, 2.75) is 19.8 Å². The second-order valence-electron chi connectivity index (χ2n) is 5.09. The maximum atomic E-state index is 5.72. The Morgan fingerprint density at radius 1 is 1.10 bits per heavy atom. The molecule has 0 saturated carbocycles. The number of nitrogens with zero attached hydrogens (tertiary/aromatic N) is 1. The number of rotatable bonds is 3. The van der Waals surface area contributed by atoms with E-state index in [0.717, 1.165) is 34.8 Å². The van der Waals surface area contributed by atoms with Crippen LogP contribution in [0, 0.1) is 0 Å². The first-order chi connectivity index (χ1) is 9.81. The van der Waals surface area contributed by atoms with Gasteiger partial charge in [0.15, 0.2) is 0 Å². The van der Waals surface area contributed by atoms with Crippen LogP contribution in [0.25, 0.3) is 10.8 Å². The molecule has 1 aliphatic heterocycles. The minimum atomic E-state index is 0.680. The third kappa shape index (κ3) is 2.38. The van der Waals surface area contributed by atoms with Gasteiger partial charge in [0.1, 0.15) is 10.7 Å². The summed E-state index contributed by atoms with van der Waals surface area (Å²) >= 11 is 5.70. The lowest BCUT2D eigenvalue weighted by atomic mass is 10.0. The Bertz CT molecular complexity index is 632. The van der Waals surface area contributed by atoms with Crippen LogP contribution in [-0.4, -0.2) is 29.6 Å². The van der Waals surface area contributed by atoms with Gasteiger partial charge in [0.2, 0.25) is 0 Å². The first kappa shape index (κ1) is 13.4. The highest BCUT2D eigenvalue weighted by molar-refractivity contribution is 7.80. The van der Waals surface area contributed by atoms with Gasteiger partial charge in [0, 0.05) is 24.0 Å². The third-order valence-corrected chi connectivity index (χ3v) is 4.29. The fourth-order valence-electron chi connectivity index (χ4n) is 2.83. The fraction of sp³-hybridized carbons (Fsp3) is 0.353. The molecule has 0 unspecified atom stereocenters. The second-order valence-corrected chi connectivity index (χ2v) is 5.48.